The molecule has 0 bridgehead atoms. The maximum Gasteiger partial charge on any atom is 0.221 e. The summed E-state index contributed by atoms with van der Waals surface area (Å²) in [5.74, 6) is 2.22. The number of unbranched alkanes of at least 4 members (excludes halogenated alkanes) is 2. The summed E-state index contributed by atoms with van der Waals surface area (Å²) in [6.45, 7) is 7.91. The van der Waals surface area contributed by atoms with Crippen LogP contribution in [-0.4, -0.2) is 23.1 Å². The van der Waals surface area contributed by atoms with Crippen molar-refractivity contribution in [2.45, 2.75) is 59.3 Å². The fraction of sp³-hybridized carbons (Fsp3) is 0.524. The Labute approximate surface area is 157 Å². The van der Waals surface area contributed by atoms with Gasteiger partial charge in [0.15, 0.2) is 0 Å². The van der Waals surface area contributed by atoms with Gasteiger partial charge in [-0.25, -0.2) is 4.98 Å². The van der Waals surface area contributed by atoms with Gasteiger partial charge in [0.05, 0.1) is 6.61 Å². The summed E-state index contributed by atoms with van der Waals surface area (Å²) >= 11 is 0. The number of hydrogen-bond acceptors (Lipinski definition) is 5. The zero-order chi connectivity index (χ0) is 18.8. The zero-order valence-corrected chi connectivity index (χ0v) is 16.3. The van der Waals surface area contributed by atoms with Crippen molar-refractivity contribution in [1.82, 2.24) is 9.97 Å². The first-order valence-corrected chi connectivity index (χ1v) is 9.71. The number of nitrogens with one attached hydrogen (secondary N) is 1. The molecule has 2 rings (SSSR count). The molecule has 0 spiro atoms. The normalized spacial score (nSPS) is 10.7. The molecule has 0 unspecified atom stereocenters. The molecule has 0 atom stereocenters. The van der Waals surface area contributed by atoms with E-state index in [1.165, 1.54) is 11.1 Å². The highest BCUT2D eigenvalue weighted by molar-refractivity contribution is 5.46. The van der Waals surface area contributed by atoms with Gasteiger partial charge in [0, 0.05) is 18.3 Å². The van der Waals surface area contributed by atoms with Crippen molar-refractivity contribution in [3.8, 4) is 5.75 Å². The van der Waals surface area contributed by atoms with E-state index in [4.69, 9.17) is 10.5 Å². The number of anilines is 2. The molecular formula is C21H32N4O. The predicted molar refractivity (Wildman–Crippen MR) is 109 cm³/mol. The Hall–Kier alpha value is -2.30. The van der Waals surface area contributed by atoms with Crippen LogP contribution in [0.2, 0.25) is 0 Å². The van der Waals surface area contributed by atoms with Crippen LogP contribution in [0.25, 0.3) is 0 Å². The van der Waals surface area contributed by atoms with E-state index in [0.29, 0.717) is 12.6 Å². The molecule has 0 aliphatic carbocycles. The van der Waals surface area contributed by atoms with Crippen LogP contribution in [0, 0.1) is 6.92 Å². The number of benzene rings is 1. The second-order valence-electron chi connectivity index (χ2n) is 6.62. The molecule has 0 aliphatic heterocycles. The lowest BCUT2D eigenvalue weighted by molar-refractivity contribution is 0.337. The van der Waals surface area contributed by atoms with Crippen molar-refractivity contribution in [2.24, 2.45) is 0 Å². The maximum absolute atomic E-state index is 5.74. The molecule has 1 heterocycles. The second kappa shape index (κ2) is 10.6. The first-order chi connectivity index (χ1) is 12.6. The Kier molecular flexibility index (Phi) is 8.19. The number of hydrogen-bond donors (Lipinski definition) is 2. The van der Waals surface area contributed by atoms with E-state index in [9.17, 15) is 0 Å². The average Bonchev–Trinajstić information content (AvgIpc) is 2.63. The second-order valence-corrected chi connectivity index (χ2v) is 6.62. The maximum atomic E-state index is 5.74. The minimum absolute atomic E-state index is 0.329. The molecule has 0 saturated heterocycles. The first-order valence-electron chi connectivity index (χ1n) is 9.71. The Bertz CT molecular complexity index is 688. The van der Waals surface area contributed by atoms with E-state index >= 15 is 0 Å². The highest BCUT2D eigenvalue weighted by Crippen LogP contribution is 2.21. The summed E-state index contributed by atoms with van der Waals surface area (Å²) in [5.41, 5.74) is 9.41. The molecule has 26 heavy (non-hydrogen) atoms. The average molecular weight is 357 g/mol. The monoisotopic (exact) mass is 356 g/mol. The summed E-state index contributed by atoms with van der Waals surface area (Å²) in [5, 5.41) is 3.39. The minimum Gasteiger partial charge on any atom is -0.494 e. The molecule has 0 amide bonds. The van der Waals surface area contributed by atoms with E-state index in [-0.39, 0.29) is 0 Å². The van der Waals surface area contributed by atoms with E-state index in [0.717, 1.165) is 62.2 Å². The van der Waals surface area contributed by atoms with E-state index in [2.05, 4.69) is 47.3 Å². The Morgan fingerprint density at radius 2 is 1.92 bits per heavy atom. The molecule has 2 aromatic rings. The van der Waals surface area contributed by atoms with Gasteiger partial charge in [-0.2, -0.15) is 4.98 Å². The van der Waals surface area contributed by atoms with Crippen molar-refractivity contribution in [2.75, 3.05) is 24.2 Å². The molecule has 0 radical (unpaired) electrons. The minimum atomic E-state index is 0.329. The molecule has 3 N–H and O–H groups in total. The standard InChI is InChI=1S/C21H32N4O/c1-4-6-13-23-20-18(15-24-21(22)25-20)10-8-7-9-17-12-11-16(3)19(14-17)26-5-2/h11-12,14-15H,4-10,13H2,1-3H3,(H3,22,23,24,25). The summed E-state index contributed by atoms with van der Waals surface area (Å²) < 4.78 is 5.69. The smallest absolute Gasteiger partial charge is 0.221 e. The van der Waals surface area contributed by atoms with E-state index in [1.54, 1.807) is 0 Å². The van der Waals surface area contributed by atoms with Gasteiger partial charge in [-0.1, -0.05) is 25.5 Å². The number of aromatic nitrogens is 2. The van der Waals surface area contributed by atoms with Crippen molar-refractivity contribution >= 4 is 11.8 Å². The summed E-state index contributed by atoms with van der Waals surface area (Å²) in [6, 6.07) is 6.51. The van der Waals surface area contributed by atoms with Crippen LogP contribution >= 0.6 is 0 Å². The van der Waals surface area contributed by atoms with Crippen molar-refractivity contribution in [3.05, 3.63) is 41.1 Å². The van der Waals surface area contributed by atoms with Gasteiger partial charge in [-0.05, 0) is 63.1 Å². The summed E-state index contributed by atoms with van der Waals surface area (Å²) in [4.78, 5) is 8.52. The Morgan fingerprint density at radius 3 is 2.69 bits per heavy atom. The number of nitrogen functional groups attached to an aromatic ring is 1. The number of nitrogens with two attached hydrogens (primary N) is 1. The quantitative estimate of drug-likeness (QED) is 0.578. The number of ether oxygens (including phenoxy) is 1. The Balaban J connectivity index is 1.87. The predicted octanol–water partition coefficient (Wildman–Crippen LogP) is 4.54. The molecule has 0 fully saturated rings. The van der Waals surface area contributed by atoms with Crippen LogP contribution in [0.3, 0.4) is 0 Å². The topological polar surface area (TPSA) is 73.1 Å². The highest BCUT2D eigenvalue weighted by Gasteiger charge is 2.06. The third-order valence-electron chi connectivity index (χ3n) is 4.42. The lowest BCUT2D eigenvalue weighted by Crippen LogP contribution is -2.09. The van der Waals surface area contributed by atoms with Gasteiger partial charge in [-0.15, -0.1) is 0 Å². The van der Waals surface area contributed by atoms with Crippen LogP contribution < -0.4 is 15.8 Å². The number of aryl methyl sites for hydroxylation is 3. The molecule has 1 aromatic carbocycles. The summed E-state index contributed by atoms with van der Waals surface area (Å²) in [6.07, 6.45) is 8.35. The lowest BCUT2D eigenvalue weighted by Gasteiger charge is -2.11. The van der Waals surface area contributed by atoms with Crippen molar-refractivity contribution in [1.29, 1.82) is 0 Å². The first kappa shape index (κ1) is 20.0. The number of nitrogens with zero attached hydrogens (tertiary/aromatic N) is 2. The van der Waals surface area contributed by atoms with Gasteiger partial charge in [0.1, 0.15) is 11.6 Å². The van der Waals surface area contributed by atoms with Gasteiger partial charge < -0.3 is 15.8 Å². The van der Waals surface area contributed by atoms with Gasteiger partial charge in [-0.3, -0.25) is 0 Å². The van der Waals surface area contributed by atoms with Gasteiger partial charge in [0.2, 0.25) is 5.95 Å². The molecular weight excluding hydrogens is 324 g/mol. The van der Waals surface area contributed by atoms with Crippen LogP contribution in [0.5, 0.6) is 5.75 Å². The fourth-order valence-corrected chi connectivity index (χ4v) is 2.90. The SMILES string of the molecule is CCCCNc1nc(N)ncc1CCCCc1ccc(C)c(OCC)c1. The van der Waals surface area contributed by atoms with Gasteiger partial charge in [0.25, 0.3) is 0 Å². The highest BCUT2D eigenvalue weighted by atomic mass is 16.5. The van der Waals surface area contributed by atoms with Crippen LogP contribution in [0.4, 0.5) is 11.8 Å². The number of rotatable bonds is 11. The van der Waals surface area contributed by atoms with E-state index < -0.39 is 0 Å². The molecule has 0 aliphatic rings. The largest absolute Gasteiger partial charge is 0.494 e. The van der Waals surface area contributed by atoms with Crippen LogP contribution in [0.15, 0.2) is 24.4 Å². The third-order valence-corrected chi connectivity index (χ3v) is 4.42. The van der Waals surface area contributed by atoms with Crippen LogP contribution in [0.1, 0.15) is 56.2 Å². The zero-order valence-electron chi connectivity index (χ0n) is 16.3. The lowest BCUT2D eigenvalue weighted by atomic mass is 10.0. The van der Waals surface area contributed by atoms with E-state index in [1.807, 2.05) is 13.1 Å². The molecule has 5 heteroatoms. The molecule has 0 saturated carbocycles. The molecule has 5 nitrogen and oxygen atoms in total. The van der Waals surface area contributed by atoms with Gasteiger partial charge >= 0.3 is 0 Å². The Morgan fingerprint density at radius 1 is 1.12 bits per heavy atom. The molecule has 1 aromatic heterocycles. The van der Waals surface area contributed by atoms with Crippen molar-refractivity contribution in [3.63, 3.8) is 0 Å². The third kappa shape index (κ3) is 6.21. The fourth-order valence-electron chi connectivity index (χ4n) is 2.90. The molecule has 142 valence electrons. The summed E-state index contributed by atoms with van der Waals surface area (Å²) in [7, 11) is 0. The van der Waals surface area contributed by atoms with Crippen LogP contribution in [-0.2, 0) is 12.8 Å². The van der Waals surface area contributed by atoms with Crippen molar-refractivity contribution < 1.29 is 4.74 Å².